The summed E-state index contributed by atoms with van der Waals surface area (Å²) in [5.41, 5.74) is 0.708. The molecule has 20 heavy (non-hydrogen) atoms. The Hall–Kier alpha value is -2.49. The van der Waals surface area contributed by atoms with Crippen LogP contribution in [0.1, 0.15) is 6.92 Å². The molecule has 0 saturated carbocycles. The number of hydrogen-bond acceptors (Lipinski definition) is 3. The van der Waals surface area contributed by atoms with Crippen LogP contribution in [0, 0.1) is 0 Å². The molecule has 0 heterocycles. The third kappa shape index (κ3) is 3.75. The lowest BCUT2D eigenvalue weighted by atomic mass is 10.2. The second-order valence-corrected chi connectivity index (χ2v) is 4.29. The van der Waals surface area contributed by atoms with Crippen LogP contribution in [-0.4, -0.2) is 19.1 Å². The van der Waals surface area contributed by atoms with Crippen molar-refractivity contribution >= 4 is 11.6 Å². The van der Waals surface area contributed by atoms with Gasteiger partial charge in [0, 0.05) is 5.69 Å². The highest BCUT2D eigenvalue weighted by molar-refractivity contribution is 5.94. The van der Waals surface area contributed by atoms with Crippen molar-refractivity contribution in [1.29, 1.82) is 0 Å². The number of hydrogen-bond donors (Lipinski definition) is 1. The van der Waals surface area contributed by atoms with Gasteiger partial charge in [0.25, 0.3) is 5.91 Å². The van der Waals surface area contributed by atoms with E-state index >= 15 is 0 Å². The standard InChI is InChI=1S/C16H17NO3/c1-12(20-15-6-4-3-5-7-15)16(18)17-13-8-10-14(19-2)11-9-13/h3-12H,1-2H3,(H,17,18)/t12-/m0/s1. The summed E-state index contributed by atoms with van der Waals surface area (Å²) in [6.07, 6.45) is -0.570. The van der Waals surface area contributed by atoms with E-state index in [1.807, 2.05) is 30.3 Å². The summed E-state index contributed by atoms with van der Waals surface area (Å²) in [6, 6.07) is 16.4. The van der Waals surface area contributed by atoms with Crippen LogP contribution in [-0.2, 0) is 4.79 Å². The van der Waals surface area contributed by atoms with Gasteiger partial charge in [-0.25, -0.2) is 0 Å². The fourth-order valence-electron chi connectivity index (χ4n) is 1.67. The molecule has 104 valence electrons. The van der Waals surface area contributed by atoms with Crippen LogP contribution in [0.2, 0.25) is 0 Å². The Morgan fingerprint density at radius 1 is 1.00 bits per heavy atom. The fourth-order valence-corrected chi connectivity index (χ4v) is 1.67. The summed E-state index contributed by atoms with van der Waals surface area (Å²) in [7, 11) is 1.60. The van der Waals surface area contributed by atoms with Crippen LogP contribution in [0.25, 0.3) is 0 Å². The first-order chi connectivity index (χ1) is 9.69. The zero-order valence-electron chi connectivity index (χ0n) is 11.5. The van der Waals surface area contributed by atoms with E-state index in [9.17, 15) is 4.79 Å². The molecular weight excluding hydrogens is 254 g/mol. The van der Waals surface area contributed by atoms with Gasteiger partial charge in [0.1, 0.15) is 11.5 Å². The van der Waals surface area contributed by atoms with Gasteiger partial charge in [-0.2, -0.15) is 0 Å². The Kier molecular flexibility index (Phi) is 4.60. The van der Waals surface area contributed by atoms with Gasteiger partial charge in [-0.05, 0) is 43.3 Å². The topological polar surface area (TPSA) is 47.6 Å². The lowest BCUT2D eigenvalue weighted by molar-refractivity contribution is -0.122. The minimum Gasteiger partial charge on any atom is -0.497 e. The number of para-hydroxylation sites is 1. The maximum Gasteiger partial charge on any atom is 0.265 e. The Morgan fingerprint density at radius 3 is 2.25 bits per heavy atom. The first-order valence-corrected chi connectivity index (χ1v) is 6.35. The molecule has 1 N–H and O–H groups in total. The molecule has 0 fully saturated rings. The van der Waals surface area contributed by atoms with Crippen molar-refractivity contribution in [2.24, 2.45) is 0 Å². The average Bonchev–Trinajstić information content (AvgIpc) is 2.49. The molecule has 0 saturated heterocycles. The van der Waals surface area contributed by atoms with Crippen molar-refractivity contribution < 1.29 is 14.3 Å². The molecule has 1 atom stereocenters. The van der Waals surface area contributed by atoms with Gasteiger partial charge in [-0.1, -0.05) is 18.2 Å². The summed E-state index contributed by atoms with van der Waals surface area (Å²) < 4.78 is 10.6. The fraction of sp³-hybridized carbons (Fsp3) is 0.188. The second kappa shape index (κ2) is 6.61. The first kappa shape index (κ1) is 13.9. The molecule has 2 aromatic rings. The van der Waals surface area contributed by atoms with Crippen molar-refractivity contribution in [1.82, 2.24) is 0 Å². The Bertz CT molecular complexity index is 552. The molecular formula is C16H17NO3. The Labute approximate surface area is 118 Å². The van der Waals surface area contributed by atoms with E-state index in [2.05, 4.69) is 5.32 Å². The molecule has 2 aromatic carbocycles. The highest BCUT2D eigenvalue weighted by Gasteiger charge is 2.14. The Morgan fingerprint density at radius 2 is 1.65 bits per heavy atom. The highest BCUT2D eigenvalue weighted by Crippen LogP contribution is 2.16. The van der Waals surface area contributed by atoms with Crippen LogP contribution in [0.3, 0.4) is 0 Å². The zero-order valence-corrected chi connectivity index (χ0v) is 11.5. The molecule has 0 unspecified atom stereocenters. The maximum absolute atomic E-state index is 12.0. The van der Waals surface area contributed by atoms with Crippen molar-refractivity contribution in [2.45, 2.75) is 13.0 Å². The summed E-state index contributed by atoms with van der Waals surface area (Å²) in [4.78, 5) is 12.0. The van der Waals surface area contributed by atoms with Crippen LogP contribution < -0.4 is 14.8 Å². The van der Waals surface area contributed by atoms with Gasteiger partial charge in [-0.3, -0.25) is 4.79 Å². The normalized spacial score (nSPS) is 11.5. The first-order valence-electron chi connectivity index (χ1n) is 6.35. The van der Waals surface area contributed by atoms with Crippen molar-refractivity contribution in [2.75, 3.05) is 12.4 Å². The number of methoxy groups -OCH3 is 1. The Balaban J connectivity index is 1.93. The van der Waals surface area contributed by atoms with E-state index in [-0.39, 0.29) is 5.91 Å². The molecule has 0 aliphatic carbocycles. The lowest BCUT2D eigenvalue weighted by Gasteiger charge is -2.14. The number of rotatable bonds is 5. The highest BCUT2D eigenvalue weighted by atomic mass is 16.5. The lowest BCUT2D eigenvalue weighted by Crippen LogP contribution is -2.30. The molecule has 0 aliphatic heterocycles. The van der Waals surface area contributed by atoms with Gasteiger partial charge in [0.2, 0.25) is 0 Å². The molecule has 0 bridgehead atoms. The second-order valence-electron chi connectivity index (χ2n) is 4.29. The van der Waals surface area contributed by atoms with E-state index in [0.717, 1.165) is 5.75 Å². The summed E-state index contributed by atoms with van der Waals surface area (Å²) in [5, 5.41) is 2.79. The number of benzene rings is 2. The number of nitrogens with one attached hydrogen (secondary N) is 1. The number of amides is 1. The molecule has 0 aliphatic rings. The van der Waals surface area contributed by atoms with Crippen LogP contribution in [0.5, 0.6) is 11.5 Å². The predicted octanol–water partition coefficient (Wildman–Crippen LogP) is 3.10. The van der Waals surface area contributed by atoms with Gasteiger partial charge in [-0.15, -0.1) is 0 Å². The summed E-state index contributed by atoms with van der Waals surface area (Å²) in [5.74, 6) is 1.22. The van der Waals surface area contributed by atoms with E-state index < -0.39 is 6.10 Å². The van der Waals surface area contributed by atoms with E-state index in [4.69, 9.17) is 9.47 Å². The minimum absolute atomic E-state index is 0.195. The van der Waals surface area contributed by atoms with E-state index in [0.29, 0.717) is 11.4 Å². The largest absolute Gasteiger partial charge is 0.497 e. The van der Waals surface area contributed by atoms with Crippen LogP contribution in [0.15, 0.2) is 54.6 Å². The molecule has 0 spiro atoms. The molecule has 1 amide bonds. The third-order valence-corrected chi connectivity index (χ3v) is 2.78. The zero-order chi connectivity index (χ0) is 14.4. The molecule has 0 aromatic heterocycles. The SMILES string of the molecule is COc1ccc(NC(=O)[C@H](C)Oc2ccccc2)cc1. The average molecular weight is 271 g/mol. The third-order valence-electron chi connectivity index (χ3n) is 2.78. The van der Waals surface area contributed by atoms with Crippen molar-refractivity contribution in [3.8, 4) is 11.5 Å². The van der Waals surface area contributed by atoms with E-state index in [1.165, 1.54) is 0 Å². The smallest absolute Gasteiger partial charge is 0.265 e. The number of ether oxygens (including phenoxy) is 2. The van der Waals surface area contributed by atoms with Crippen molar-refractivity contribution in [3.05, 3.63) is 54.6 Å². The van der Waals surface area contributed by atoms with Crippen molar-refractivity contribution in [3.63, 3.8) is 0 Å². The molecule has 0 radical (unpaired) electrons. The molecule has 2 rings (SSSR count). The summed E-state index contributed by atoms with van der Waals surface area (Å²) in [6.45, 7) is 1.71. The van der Waals surface area contributed by atoms with Gasteiger partial charge >= 0.3 is 0 Å². The number of carbonyl (C=O) groups is 1. The predicted molar refractivity (Wildman–Crippen MR) is 78.2 cm³/mol. The van der Waals surface area contributed by atoms with Crippen LogP contribution >= 0.6 is 0 Å². The van der Waals surface area contributed by atoms with Crippen LogP contribution in [0.4, 0.5) is 5.69 Å². The number of anilines is 1. The van der Waals surface area contributed by atoms with E-state index in [1.54, 1.807) is 38.3 Å². The van der Waals surface area contributed by atoms with Gasteiger partial charge in [0.05, 0.1) is 7.11 Å². The number of carbonyl (C=O) groups excluding carboxylic acids is 1. The van der Waals surface area contributed by atoms with Gasteiger partial charge < -0.3 is 14.8 Å². The molecule has 4 nitrogen and oxygen atoms in total. The van der Waals surface area contributed by atoms with Gasteiger partial charge in [0.15, 0.2) is 6.10 Å². The monoisotopic (exact) mass is 271 g/mol. The maximum atomic E-state index is 12.0. The quantitative estimate of drug-likeness (QED) is 0.909. The summed E-state index contributed by atoms with van der Waals surface area (Å²) >= 11 is 0. The molecule has 4 heteroatoms. The minimum atomic E-state index is -0.570.